The van der Waals surface area contributed by atoms with E-state index in [0.717, 1.165) is 11.1 Å². The molecule has 4 nitrogen and oxygen atoms in total. The minimum atomic E-state index is -0.425. The second-order valence-electron chi connectivity index (χ2n) is 4.14. The second-order valence-corrected chi connectivity index (χ2v) is 5.39. The van der Waals surface area contributed by atoms with Crippen molar-refractivity contribution in [1.82, 2.24) is 9.78 Å². The minimum absolute atomic E-state index is 0.0875. The Balaban J connectivity index is 2.48. The van der Waals surface area contributed by atoms with Gasteiger partial charge in [-0.05, 0) is 24.6 Å². The zero-order chi connectivity index (χ0) is 14.7. The van der Waals surface area contributed by atoms with Crippen molar-refractivity contribution in [2.45, 2.75) is 13.3 Å². The van der Waals surface area contributed by atoms with E-state index in [2.05, 4.69) is 10.4 Å². The molecule has 0 spiro atoms. The fourth-order valence-corrected chi connectivity index (χ4v) is 2.37. The molecule has 20 heavy (non-hydrogen) atoms. The smallest absolute Gasteiger partial charge is 0.292 e. The van der Waals surface area contributed by atoms with Crippen LogP contribution in [0, 0.1) is 0 Å². The molecular formula is C13H12Cl3N3O. The summed E-state index contributed by atoms with van der Waals surface area (Å²) in [4.78, 5) is 12.2. The Morgan fingerprint density at radius 2 is 1.85 bits per heavy atom. The third-order valence-corrected chi connectivity index (χ3v) is 3.38. The van der Waals surface area contributed by atoms with Crippen molar-refractivity contribution in [3.8, 4) is 5.69 Å². The van der Waals surface area contributed by atoms with Gasteiger partial charge in [0.25, 0.3) is 5.56 Å². The Labute approximate surface area is 131 Å². The Morgan fingerprint density at radius 1 is 1.20 bits per heavy atom. The summed E-state index contributed by atoms with van der Waals surface area (Å²) in [5.74, 6) is 0. The molecule has 1 heterocycles. The van der Waals surface area contributed by atoms with Crippen molar-refractivity contribution >= 4 is 40.5 Å². The predicted molar refractivity (Wildman–Crippen MR) is 83.6 cm³/mol. The van der Waals surface area contributed by atoms with Crippen molar-refractivity contribution in [2.24, 2.45) is 0 Å². The molecule has 0 aliphatic carbocycles. The monoisotopic (exact) mass is 331 g/mol. The molecule has 0 aliphatic rings. The zero-order valence-electron chi connectivity index (χ0n) is 10.7. The van der Waals surface area contributed by atoms with Gasteiger partial charge >= 0.3 is 0 Å². The van der Waals surface area contributed by atoms with Crippen LogP contribution < -0.4 is 10.9 Å². The molecular weight excluding hydrogens is 321 g/mol. The maximum Gasteiger partial charge on any atom is 0.292 e. The van der Waals surface area contributed by atoms with Crippen LogP contribution in [0.25, 0.3) is 5.69 Å². The summed E-state index contributed by atoms with van der Waals surface area (Å²) < 4.78 is 1.16. The van der Waals surface area contributed by atoms with Gasteiger partial charge in [0.1, 0.15) is 5.02 Å². The van der Waals surface area contributed by atoms with Crippen molar-refractivity contribution in [1.29, 1.82) is 0 Å². The van der Waals surface area contributed by atoms with Gasteiger partial charge in [0.15, 0.2) is 0 Å². The lowest BCUT2D eigenvalue weighted by Gasteiger charge is -2.10. The van der Waals surface area contributed by atoms with E-state index in [1.54, 1.807) is 18.2 Å². The first kappa shape index (κ1) is 15.2. The Kier molecular flexibility index (Phi) is 4.91. The minimum Gasteiger partial charge on any atom is -0.382 e. The van der Waals surface area contributed by atoms with Gasteiger partial charge in [-0.15, -0.1) is 0 Å². The normalized spacial score (nSPS) is 10.6. The lowest BCUT2D eigenvalue weighted by molar-refractivity contribution is 0.806. The molecule has 2 rings (SSSR count). The Hall–Kier alpha value is -1.23. The molecule has 0 radical (unpaired) electrons. The summed E-state index contributed by atoms with van der Waals surface area (Å²) in [6, 6.07) is 4.77. The summed E-state index contributed by atoms with van der Waals surface area (Å²) in [6.07, 6.45) is 2.43. The molecule has 1 N–H and O–H groups in total. The topological polar surface area (TPSA) is 46.9 Å². The maximum absolute atomic E-state index is 12.2. The number of anilines is 1. The second kappa shape index (κ2) is 6.48. The summed E-state index contributed by atoms with van der Waals surface area (Å²) in [6.45, 7) is 2.73. The van der Waals surface area contributed by atoms with Gasteiger partial charge in [0.05, 0.1) is 17.6 Å². The van der Waals surface area contributed by atoms with E-state index in [1.165, 1.54) is 6.20 Å². The van der Waals surface area contributed by atoms with Gasteiger partial charge in [-0.3, -0.25) is 4.79 Å². The Bertz CT molecular complexity index is 665. The SMILES string of the molecule is CCCNc1cnn(-c2cc(Cl)cc(Cl)c2)c(=O)c1Cl. The predicted octanol–water partition coefficient (Wildman–Crippen LogP) is 4.01. The molecule has 0 aliphatic heterocycles. The van der Waals surface area contributed by atoms with Crippen LogP contribution in [-0.2, 0) is 0 Å². The maximum atomic E-state index is 12.2. The van der Waals surface area contributed by atoms with Crippen molar-refractivity contribution in [2.75, 3.05) is 11.9 Å². The van der Waals surface area contributed by atoms with Gasteiger partial charge in [-0.2, -0.15) is 9.78 Å². The van der Waals surface area contributed by atoms with E-state index < -0.39 is 5.56 Å². The quantitative estimate of drug-likeness (QED) is 0.920. The molecule has 106 valence electrons. The highest BCUT2D eigenvalue weighted by molar-refractivity contribution is 6.35. The number of hydrogen-bond donors (Lipinski definition) is 1. The van der Waals surface area contributed by atoms with Crippen molar-refractivity contribution < 1.29 is 0 Å². The first-order chi connectivity index (χ1) is 9.52. The van der Waals surface area contributed by atoms with Crippen LogP contribution in [0.15, 0.2) is 29.2 Å². The average molecular weight is 333 g/mol. The number of aromatic nitrogens is 2. The summed E-state index contributed by atoms with van der Waals surface area (Å²) in [7, 11) is 0. The molecule has 0 saturated carbocycles. The van der Waals surface area contributed by atoms with Crippen molar-refractivity contribution in [3.63, 3.8) is 0 Å². The van der Waals surface area contributed by atoms with Gasteiger partial charge in [0.2, 0.25) is 0 Å². The van der Waals surface area contributed by atoms with E-state index in [1.807, 2.05) is 6.92 Å². The summed E-state index contributed by atoms with van der Waals surface area (Å²) >= 11 is 17.9. The van der Waals surface area contributed by atoms with Crippen LogP contribution in [0.3, 0.4) is 0 Å². The average Bonchev–Trinajstić information content (AvgIpc) is 2.39. The fourth-order valence-electron chi connectivity index (χ4n) is 1.66. The molecule has 7 heteroatoms. The third-order valence-electron chi connectivity index (χ3n) is 2.58. The van der Waals surface area contributed by atoms with E-state index in [9.17, 15) is 4.79 Å². The van der Waals surface area contributed by atoms with E-state index >= 15 is 0 Å². The lowest BCUT2D eigenvalue weighted by atomic mass is 10.3. The molecule has 1 aromatic carbocycles. The molecule has 0 fully saturated rings. The van der Waals surface area contributed by atoms with E-state index in [-0.39, 0.29) is 5.02 Å². The van der Waals surface area contributed by atoms with Gasteiger partial charge in [-0.25, -0.2) is 0 Å². The third kappa shape index (κ3) is 3.26. The number of nitrogens with one attached hydrogen (secondary N) is 1. The number of hydrogen-bond acceptors (Lipinski definition) is 3. The summed E-state index contributed by atoms with van der Waals surface area (Å²) in [5, 5.41) is 8.06. The highest BCUT2D eigenvalue weighted by Gasteiger charge is 2.11. The molecule has 0 saturated heterocycles. The van der Waals surface area contributed by atoms with Crippen LogP contribution in [0.1, 0.15) is 13.3 Å². The summed E-state index contributed by atoms with van der Waals surface area (Å²) in [5.41, 5.74) is 0.561. The van der Waals surface area contributed by atoms with Crippen LogP contribution in [0.2, 0.25) is 15.1 Å². The van der Waals surface area contributed by atoms with Crippen LogP contribution in [-0.4, -0.2) is 16.3 Å². The first-order valence-corrected chi connectivity index (χ1v) is 7.14. The van der Waals surface area contributed by atoms with Gasteiger partial charge in [0, 0.05) is 16.6 Å². The molecule has 0 atom stereocenters. The van der Waals surface area contributed by atoms with Crippen LogP contribution in [0.4, 0.5) is 5.69 Å². The molecule has 0 bridgehead atoms. The van der Waals surface area contributed by atoms with Gasteiger partial charge in [-0.1, -0.05) is 41.7 Å². The molecule has 1 aromatic heterocycles. The number of halogens is 3. The van der Waals surface area contributed by atoms with Crippen molar-refractivity contribution in [3.05, 3.63) is 49.8 Å². The van der Waals surface area contributed by atoms with Crippen LogP contribution >= 0.6 is 34.8 Å². The standard InChI is InChI=1S/C13H12Cl3N3O/c1-2-3-17-11-7-18-19(13(20)12(11)16)10-5-8(14)4-9(15)6-10/h4-7,17H,2-3H2,1H3. The highest BCUT2D eigenvalue weighted by atomic mass is 35.5. The number of nitrogens with zero attached hydrogens (tertiary/aromatic N) is 2. The van der Waals surface area contributed by atoms with Crippen LogP contribution in [0.5, 0.6) is 0 Å². The van der Waals surface area contributed by atoms with E-state index in [4.69, 9.17) is 34.8 Å². The van der Waals surface area contributed by atoms with E-state index in [0.29, 0.717) is 28.0 Å². The largest absolute Gasteiger partial charge is 0.382 e. The zero-order valence-corrected chi connectivity index (χ0v) is 12.9. The lowest BCUT2D eigenvalue weighted by Crippen LogP contribution is -2.22. The number of rotatable bonds is 4. The molecule has 0 unspecified atom stereocenters. The Morgan fingerprint density at radius 3 is 2.45 bits per heavy atom. The van der Waals surface area contributed by atoms with Gasteiger partial charge < -0.3 is 5.32 Å². The first-order valence-electron chi connectivity index (χ1n) is 6.01. The molecule has 0 amide bonds. The highest BCUT2D eigenvalue weighted by Crippen LogP contribution is 2.22. The fraction of sp³-hybridized carbons (Fsp3) is 0.231. The number of benzene rings is 1. The molecule has 2 aromatic rings.